The van der Waals surface area contributed by atoms with Crippen molar-refractivity contribution >= 4 is 23.6 Å². The second kappa shape index (κ2) is 9.99. The molecule has 0 unspecified atom stereocenters. The quantitative estimate of drug-likeness (QED) is 0.635. The van der Waals surface area contributed by atoms with Crippen molar-refractivity contribution in [1.29, 1.82) is 0 Å². The van der Waals surface area contributed by atoms with E-state index in [9.17, 15) is 9.18 Å². The van der Waals surface area contributed by atoms with Gasteiger partial charge in [0, 0.05) is 60.9 Å². The molecule has 10 heteroatoms. The maximum absolute atomic E-state index is 14.2. The van der Waals surface area contributed by atoms with Crippen LogP contribution in [-0.4, -0.2) is 88.1 Å². The number of hydrogen-bond donors (Lipinski definition) is 1. The Morgan fingerprint density at radius 3 is 2.58 bits per heavy atom. The zero-order valence-corrected chi connectivity index (χ0v) is 21.3. The van der Waals surface area contributed by atoms with Gasteiger partial charge in [-0.1, -0.05) is 0 Å². The van der Waals surface area contributed by atoms with Gasteiger partial charge in [0.15, 0.2) is 18.8 Å². The van der Waals surface area contributed by atoms with Gasteiger partial charge in [-0.3, -0.25) is 0 Å². The Hall–Kier alpha value is -3.30. The molecule has 1 aliphatic carbocycles. The number of nitrogens with one attached hydrogen (secondary N) is 1. The first-order valence-electron chi connectivity index (χ1n) is 12.9. The van der Waals surface area contributed by atoms with Crippen LogP contribution in [0.15, 0.2) is 24.7 Å². The fraction of sp³-hybridized carbons (Fsp3) is 0.577. The van der Waals surface area contributed by atoms with E-state index in [0.717, 1.165) is 69.9 Å². The number of aromatic nitrogens is 3. The normalized spacial score (nSPS) is 19.1. The van der Waals surface area contributed by atoms with Crippen LogP contribution in [0.5, 0.6) is 0 Å². The van der Waals surface area contributed by atoms with Crippen molar-refractivity contribution in [2.75, 3.05) is 56.1 Å². The van der Waals surface area contributed by atoms with Gasteiger partial charge in [0.05, 0.1) is 25.9 Å². The van der Waals surface area contributed by atoms with Gasteiger partial charge in [-0.2, -0.15) is 0 Å². The average molecular weight is 497 g/mol. The summed E-state index contributed by atoms with van der Waals surface area (Å²) in [7, 11) is 0. The van der Waals surface area contributed by atoms with E-state index in [1.54, 1.807) is 12.4 Å². The molecule has 1 amide bonds. The summed E-state index contributed by atoms with van der Waals surface area (Å²) in [5.41, 5.74) is 3.17. The number of carbonyl (C=O) groups is 1. The number of rotatable bonds is 5. The minimum atomic E-state index is -0.374. The maximum atomic E-state index is 14.2. The second-order valence-electron chi connectivity index (χ2n) is 10.4. The molecule has 192 valence electrons. The molecule has 1 saturated carbocycles. The molecule has 9 nitrogen and oxygen atoms in total. The lowest BCUT2D eigenvalue weighted by Gasteiger charge is -2.46. The Morgan fingerprint density at radius 2 is 1.92 bits per heavy atom. The van der Waals surface area contributed by atoms with E-state index in [1.165, 1.54) is 18.0 Å². The number of likely N-dealkylation sites (tertiary alicyclic amines) is 1. The Labute approximate surface area is 211 Å². The van der Waals surface area contributed by atoms with Gasteiger partial charge < -0.3 is 19.9 Å². The third-order valence-electron chi connectivity index (χ3n) is 7.34. The van der Waals surface area contributed by atoms with Crippen molar-refractivity contribution in [2.45, 2.75) is 46.1 Å². The summed E-state index contributed by atoms with van der Waals surface area (Å²) in [5, 5.41) is 3.18. The molecule has 3 aliphatic rings. The molecule has 2 aromatic heterocycles. The van der Waals surface area contributed by atoms with E-state index in [2.05, 4.69) is 29.7 Å². The largest absolute Gasteiger partial charge is 0.450 e. The van der Waals surface area contributed by atoms with Gasteiger partial charge in [0.1, 0.15) is 11.6 Å². The third kappa shape index (κ3) is 4.99. The molecule has 36 heavy (non-hydrogen) atoms. The molecular formula is C26H35FN7O2+. The molecule has 0 aromatic carbocycles. The molecule has 2 aliphatic heterocycles. The number of halogens is 1. The van der Waals surface area contributed by atoms with E-state index in [1.807, 2.05) is 25.7 Å². The molecule has 0 radical (unpaired) electrons. The van der Waals surface area contributed by atoms with Crippen molar-refractivity contribution in [3.8, 4) is 11.1 Å². The zero-order valence-electron chi connectivity index (χ0n) is 21.3. The first kappa shape index (κ1) is 24.4. The van der Waals surface area contributed by atoms with Crippen molar-refractivity contribution in [3.63, 3.8) is 0 Å². The van der Waals surface area contributed by atoms with Crippen LogP contribution in [0.1, 0.15) is 40.0 Å². The van der Waals surface area contributed by atoms with Gasteiger partial charge in [-0.25, -0.2) is 28.7 Å². The van der Waals surface area contributed by atoms with E-state index in [-0.39, 0.29) is 23.4 Å². The topological polar surface area (TPSA) is 86.5 Å². The second-order valence-corrected chi connectivity index (χ2v) is 10.4. The number of piperazine rings is 1. The fourth-order valence-electron chi connectivity index (χ4n) is 5.60. The van der Waals surface area contributed by atoms with Gasteiger partial charge >= 0.3 is 6.09 Å². The van der Waals surface area contributed by atoms with Gasteiger partial charge in [0.2, 0.25) is 5.95 Å². The number of amides is 1. The Balaban J connectivity index is 1.25. The lowest BCUT2D eigenvalue weighted by Crippen LogP contribution is -2.57. The van der Waals surface area contributed by atoms with Crippen molar-refractivity contribution in [2.24, 2.45) is 5.41 Å². The number of carbonyl (C=O) groups excluding carboxylic acids is 1. The molecule has 2 saturated heterocycles. The molecule has 1 N–H and O–H groups in total. The van der Waals surface area contributed by atoms with Gasteiger partial charge in [0.25, 0.3) is 0 Å². The number of ether oxygens (including phenoxy) is 1. The fourth-order valence-corrected chi connectivity index (χ4v) is 5.60. The standard InChI is InChI=1S/C26H35FN7O2/c1-4-36-25(35)34-16-26(17-34)6-5-21(12-26)32-7-9-33(10-8-32)23-22(11-20(27)15-28-23)19-13-29-24(30-14-19)31-18(2)3/h11,13-15,18H,4-10,12,16-17H2,1-3H3,(H,29,30,31)/q+1. The summed E-state index contributed by atoms with van der Waals surface area (Å²) in [4.78, 5) is 29.3. The SMILES string of the molecule is CCOC(=O)N1CC2(CCC(=[N+]3CCN(c4ncc(F)cc4-c4cnc(NC(C)C)nc4)CC3)C2)C1. The van der Waals surface area contributed by atoms with Crippen LogP contribution in [0, 0.1) is 11.2 Å². The number of hydrogen-bond acceptors (Lipinski definition) is 7. The van der Waals surface area contributed by atoms with Crippen LogP contribution in [0.25, 0.3) is 11.1 Å². The van der Waals surface area contributed by atoms with E-state index < -0.39 is 0 Å². The summed E-state index contributed by atoms with van der Waals surface area (Å²) in [6, 6.07) is 1.75. The lowest BCUT2D eigenvalue weighted by atomic mass is 9.78. The summed E-state index contributed by atoms with van der Waals surface area (Å²) in [5.74, 6) is 0.943. The number of nitrogens with zero attached hydrogens (tertiary/aromatic N) is 6. The Kier molecular flexibility index (Phi) is 6.77. The highest BCUT2D eigenvalue weighted by atomic mass is 19.1. The lowest BCUT2D eigenvalue weighted by molar-refractivity contribution is -0.531. The van der Waals surface area contributed by atoms with Gasteiger partial charge in [-0.05, 0) is 33.3 Å². The van der Waals surface area contributed by atoms with Crippen LogP contribution in [0.2, 0.25) is 0 Å². The molecule has 5 rings (SSSR count). The van der Waals surface area contributed by atoms with Crippen molar-refractivity contribution < 1.29 is 18.5 Å². The minimum absolute atomic E-state index is 0.191. The maximum Gasteiger partial charge on any atom is 0.409 e. The zero-order chi connectivity index (χ0) is 25.3. The predicted molar refractivity (Wildman–Crippen MR) is 136 cm³/mol. The summed E-state index contributed by atoms with van der Waals surface area (Å²) >= 11 is 0. The molecular weight excluding hydrogens is 461 g/mol. The Morgan fingerprint density at radius 1 is 1.19 bits per heavy atom. The number of pyridine rings is 1. The highest BCUT2D eigenvalue weighted by molar-refractivity contribution is 5.84. The first-order valence-corrected chi connectivity index (χ1v) is 12.9. The Bertz CT molecular complexity index is 1140. The summed E-state index contributed by atoms with van der Waals surface area (Å²) in [6.07, 6.45) is 7.80. The molecule has 0 bridgehead atoms. The van der Waals surface area contributed by atoms with Crippen LogP contribution in [-0.2, 0) is 4.74 Å². The highest BCUT2D eigenvalue weighted by Crippen LogP contribution is 2.44. The average Bonchev–Trinajstić information content (AvgIpc) is 3.30. The summed E-state index contributed by atoms with van der Waals surface area (Å²) in [6.45, 7) is 11.3. The van der Waals surface area contributed by atoms with Crippen LogP contribution >= 0.6 is 0 Å². The first-order chi connectivity index (χ1) is 17.4. The predicted octanol–water partition coefficient (Wildman–Crippen LogP) is 3.41. The van der Waals surface area contributed by atoms with E-state index in [4.69, 9.17) is 4.74 Å². The molecule has 0 atom stereocenters. The van der Waals surface area contributed by atoms with Crippen molar-refractivity contribution in [3.05, 3.63) is 30.5 Å². The molecule has 1 spiro atoms. The molecule has 4 heterocycles. The highest BCUT2D eigenvalue weighted by Gasteiger charge is 2.51. The molecule has 3 fully saturated rings. The minimum Gasteiger partial charge on any atom is -0.450 e. The van der Waals surface area contributed by atoms with Crippen LogP contribution in [0.3, 0.4) is 0 Å². The van der Waals surface area contributed by atoms with E-state index >= 15 is 0 Å². The van der Waals surface area contributed by atoms with E-state index in [0.29, 0.717) is 18.1 Å². The van der Waals surface area contributed by atoms with Gasteiger partial charge in [-0.15, -0.1) is 0 Å². The van der Waals surface area contributed by atoms with Crippen LogP contribution in [0.4, 0.5) is 21.0 Å². The smallest absolute Gasteiger partial charge is 0.409 e. The number of anilines is 2. The molecule has 2 aromatic rings. The van der Waals surface area contributed by atoms with Crippen LogP contribution < -0.4 is 10.2 Å². The monoisotopic (exact) mass is 496 g/mol. The third-order valence-corrected chi connectivity index (χ3v) is 7.34. The van der Waals surface area contributed by atoms with Crippen molar-refractivity contribution in [1.82, 2.24) is 19.9 Å². The summed E-state index contributed by atoms with van der Waals surface area (Å²) < 4.78 is 21.8.